The number of unbranched alkanes of at least 4 members (excludes halogenated alkanes) is 1. The Hall–Kier alpha value is -0.850. The van der Waals surface area contributed by atoms with Crippen molar-refractivity contribution in [2.24, 2.45) is 0 Å². The third kappa shape index (κ3) is 3.62. The number of methoxy groups -OCH3 is 1. The molecule has 4 nitrogen and oxygen atoms in total. The van der Waals surface area contributed by atoms with Crippen molar-refractivity contribution in [1.29, 1.82) is 0 Å². The number of carbonyl (C=O) groups excluding carboxylic acids is 1. The molecule has 0 amide bonds. The van der Waals surface area contributed by atoms with Crippen molar-refractivity contribution in [2.45, 2.75) is 19.8 Å². The van der Waals surface area contributed by atoms with Crippen LogP contribution >= 0.6 is 22.6 Å². The maximum atomic E-state index is 11.5. The molecule has 1 aromatic heterocycles. The largest absolute Gasteiger partial charge is 0.477 e. The monoisotopic (exact) mass is 335 g/mol. The fourth-order valence-electron chi connectivity index (χ4n) is 1.11. The first kappa shape index (κ1) is 13.2. The van der Waals surface area contributed by atoms with Gasteiger partial charge in [-0.1, -0.05) is 13.3 Å². The van der Waals surface area contributed by atoms with Gasteiger partial charge in [0.15, 0.2) is 0 Å². The number of carbonyl (C=O) groups is 1. The van der Waals surface area contributed by atoms with Crippen LogP contribution in [0.2, 0.25) is 0 Å². The normalized spacial score (nSPS) is 9.94. The molecule has 1 aromatic rings. The molecule has 0 spiro atoms. The standard InChI is InChI=1S/C11H14INO3/c1-3-4-5-16-10-9(11(14)15-2)6-8(12)7-13-10/h6-7H,3-5H2,1-2H3. The third-order valence-electron chi connectivity index (χ3n) is 1.96. The molecular formula is C11H14INO3. The van der Waals surface area contributed by atoms with Crippen LogP contribution in [0.5, 0.6) is 5.88 Å². The minimum atomic E-state index is -0.419. The van der Waals surface area contributed by atoms with Gasteiger partial charge in [0.05, 0.1) is 13.7 Å². The first-order valence-electron chi connectivity index (χ1n) is 5.05. The van der Waals surface area contributed by atoms with E-state index in [-0.39, 0.29) is 0 Å². The van der Waals surface area contributed by atoms with Gasteiger partial charge in [0, 0.05) is 9.77 Å². The Labute approximate surface area is 108 Å². The van der Waals surface area contributed by atoms with E-state index in [0.29, 0.717) is 18.1 Å². The number of pyridine rings is 1. The molecule has 0 N–H and O–H groups in total. The third-order valence-corrected chi connectivity index (χ3v) is 2.55. The zero-order valence-electron chi connectivity index (χ0n) is 9.33. The average molecular weight is 335 g/mol. The van der Waals surface area contributed by atoms with Crippen molar-refractivity contribution in [1.82, 2.24) is 4.98 Å². The summed E-state index contributed by atoms with van der Waals surface area (Å²) in [4.78, 5) is 15.6. The Morgan fingerprint density at radius 3 is 2.94 bits per heavy atom. The van der Waals surface area contributed by atoms with E-state index in [4.69, 9.17) is 4.74 Å². The minimum absolute atomic E-state index is 0.348. The first-order valence-corrected chi connectivity index (χ1v) is 6.13. The first-order chi connectivity index (χ1) is 7.69. The molecule has 0 fully saturated rings. The SMILES string of the molecule is CCCCOc1ncc(I)cc1C(=O)OC. The number of esters is 1. The molecule has 1 heterocycles. The molecule has 5 heteroatoms. The summed E-state index contributed by atoms with van der Waals surface area (Å²) < 4.78 is 11.0. The van der Waals surface area contributed by atoms with Crippen molar-refractivity contribution < 1.29 is 14.3 Å². The van der Waals surface area contributed by atoms with E-state index >= 15 is 0 Å². The summed E-state index contributed by atoms with van der Waals surface area (Å²) in [5, 5.41) is 0. The van der Waals surface area contributed by atoms with Crippen LogP contribution in [0, 0.1) is 3.57 Å². The van der Waals surface area contributed by atoms with Gasteiger partial charge in [0.2, 0.25) is 5.88 Å². The van der Waals surface area contributed by atoms with E-state index in [1.165, 1.54) is 7.11 Å². The summed E-state index contributed by atoms with van der Waals surface area (Å²) in [7, 11) is 1.35. The molecule has 0 aliphatic rings. The number of rotatable bonds is 5. The highest BCUT2D eigenvalue weighted by atomic mass is 127. The summed E-state index contributed by atoms with van der Waals surface area (Å²) in [6.45, 7) is 2.64. The molecule has 0 atom stereocenters. The van der Waals surface area contributed by atoms with Crippen molar-refractivity contribution in [3.63, 3.8) is 0 Å². The smallest absolute Gasteiger partial charge is 0.343 e. The summed E-state index contributed by atoms with van der Waals surface area (Å²) in [5.41, 5.74) is 0.380. The van der Waals surface area contributed by atoms with Crippen LogP contribution in [-0.4, -0.2) is 24.7 Å². The highest BCUT2D eigenvalue weighted by molar-refractivity contribution is 14.1. The highest BCUT2D eigenvalue weighted by Gasteiger charge is 2.14. The fraction of sp³-hybridized carbons (Fsp3) is 0.455. The van der Waals surface area contributed by atoms with E-state index in [1.54, 1.807) is 12.3 Å². The second-order valence-corrected chi connectivity index (χ2v) is 4.45. The summed E-state index contributed by atoms with van der Waals surface area (Å²) in [6, 6.07) is 1.71. The fourth-order valence-corrected chi connectivity index (χ4v) is 1.56. The van der Waals surface area contributed by atoms with Gasteiger partial charge in [-0.2, -0.15) is 0 Å². The van der Waals surface area contributed by atoms with Crippen LogP contribution in [0.3, 0.4) is 0 Å². The molecule has 0 aromatic carbocycles. The molecule has 0 radical (unpaired) electrons. The predicted octanol–water partition coefficient (Wildman–Crippen LogP) is 2.65. The molecular weight excluding hydrogens is 321 g/mol. The van der Waals surface area contributed by atoms with Gasteiger partial charge in [-0.05, 0) is 35.1 Å². The maximum absolute atomic E-state index is 11.5. The molecule has 0 bridgehead atoms. The number of hydrogen-bond acceptors (Lipinski definition) is 4. The highest BCUT2D eigenvalue weighted by Crippen LogP contribution is 2.19. The average Bonchev–Trinajstić information content (AvgIpc) is 2.30. The lowest BCUT2D eigenvalue weighted by Gasteiger charge is -2.08. The van der Waals surface area contributed by atoms with Crippen LogP contribution < -0.4 is 4.74 Å². The zero-order chi connectivity index (χ0) is 12.0. The Morgan fingerprint density at radius 1 is 1.56 bits per heavy atom. The van der Waals surface area contributed by atoms with Crippen molar-refractivity contribution >= 4 is 28.6 Å². The summed E-state index contributed by atoms with van der Waals surface area (Å²) in [5.74, 6) is -0.0711. The molecule has 0 saturated heterocycles. The molecule has 0 unspecified atom stereocenters. The second-order valence-electron chi connectivity index (χ2n) is 3.20. The predicted molar refractivity (Wildman–Crippen MR) is 68.7 cm³/mol. The number of aromatic nitrogens is 1. The number of halogens is 1. The lowest BCUT2D eigenvalue weighted by Crippen LogP contribution is -2.08. The molecule has 0 aliphatic heterocycles. The van der Waals surface area contributed by atoms with Gasteiger partial charge >= 0.3 is 5.97 Å². The van der Waals surface area contributed by atoms with Gasteiger partial charge < -0.3 is 9.47 Å². The van der Waals surface area contributed by atoms with E-state index < -0.39 is 5.97 Å². The summed E-state index contributed by atoms with van der Waals surface area (Å²) >= 11 is 2.09. The van der Waals surface area contributed by atoms with Crippen LogP contribution in [-0.2, 0) is 4.74 Å². The molecule has 16 heavy (non-hydrogen) atoms. The van der Waals surface area contributed by atoms with Gasteiger partial charge in [-0.3, -0.25) is 0 Å². The Kier molecular flexibility index (Phi) is 5.51. The Morgan fingerprint density at radius 2 is 2.31 bits per heavy atom. The molecule has 0 saturated carbocycles. The number of ether oxygens (including phenoxy) is 2. The minimum Gasteiger partial charge on any atom is -0.477 e. The van der Waals surface area contributed by atoms with Gasteiger partial charge in [-0.25, -0.2) is 9.78 Å². The quantitative estimate of drug-likeness (QED) is 0.472. The van der Waals surface area contributed by atoms with E-state index in [9.17, 15) is 4.79 Å². The topological polar surface area (TPSA) is 48.4 Å². The molecule has 0 aliphatic carbocycles. The van der Waals surface area contributed by atoms with Crippen LogP contribution in [0.15, 0.2) is 12.3 Å². The van der Waals surface area contributed by atoms with Crippen molar-refractivity contribution in [2.75, 3.05) is 13.7 Å². The summed E-state index contributed by atoms with van der Waals surface area (Å²) in [6.07, 6.45) is 3.64. The maximum Gasteiger partial charge on any atom is 0.343 e. The molecule has 88 valence electrons. The van der Waals surface area contributed by atoms with Gasteiger partial charge in [0.25, 0.3) is 0 Å². The lowest BCUT2D eigenvalue weighted by atomic mass is 10.3. The Bertz CT molecular complexity index is 368. The van der Waals surface area contributed by atoms with Crippen LogP contribution in [0.25, 0.3) is 0 Å². The van der Waals surface area contributed by atoms with Gasteiger partial charge in [-0.15, -0.1) is 0 Å². The molecule has 1 rings (SSSR count). The van der Waals surface area contributed by atoms with E-state index in [2.05, 4.69) is 39.2 Å². The van der Waals surface area contributed by atoms with Crippen molar-refractivity contribution in [3.8, 4) is 5.88 Å². The van der Waals surface area contributed by atoms with Crippen LogP contribution in [0.1, 0.15) is 30.1 Å². The zero-order valence-corrected chi connectivity index (χ0v) is 11.5. The van der Waals surface area contributed by atoms with Gasteiger partial charge in [0.1, 0.15) is 5.56 Å². The number of nitrogens with zero attached hydrogens (tertiary/aromatic N) is 1. The van der Waals surface area contributed by atoms with Crippen molar-refractivity contribution in [3.05, 3.63) is 21.4 Å². The van der Waals surface area contributed by atoms with E-state index in [1.807, 2.05) is 0 Å². The second kappa shape index (κ2) is 6.67. The lowest BCUT2D eigenvalue weighted by molar-refractivity contribution is 0.0594. The number of hydrogen-bond donors (Lipinski definition) is 0. The van der Waals surface area contributed by atoms with E-state index in [0.717, 1.165) is 16.4 Å². The van der Waals surface area contributed by atoms with Crippen LogP contribution in [0.4, 0.5) is 0 Å². The Balaban J connectivity index is 2.85.